The van der Waals surface area contributed by atoms with Crippen LogP contribution in [-0.2, 0) is 4.79 Å². The second-order valence-electron chi connectivity index (χ2n) is 4.34. The molecule has 6 nitrogen and oxygen atoms in total. The first-order chi connectivity index (χ1) is 9.59. The van der Waals surface area contributed by atoms with Gasteiger partial charge in [0, 0.05) is 42.7 Å². The fraction of sp³-hybridized carbons (Fsp3) is 0.214. The zero-order valence-corrected chi connectivity index (χ0v) is 11.1. The molecule has 1 aromatic carbocycles. The number of hydrogen-bond acceptors (Lipinski definition) is 4. The van der Waals surface area contributed by atoms with Crippen molar-refractivity contribution in [3.63, 3.8) is 0 Å². The third kappa shape index (κ3) is 3.03. The Hall–Kier alpha value is -2.63. The van der Waals surface area contributed by atoms with Crippen molar-refractivity contribution < 1.29 is 9.59 Å². The molecule has 0 bridgehead atoms. The van der Waals surface area contributed by atoms with Gasteiger partial charge in [0.05, 0.1) is 0 Å². The zero-order valence-electron chi connectivity index (χ0n) is 11.1. The minimum atomic E-state index is -0.286. The van der Waals surface area contributed by atoms with Crippen LogP contribution in [0.5, 0.6) is 0 Å². The SMILES string of the molecule is CC(=O)NCCNC(=O)c1nccc2c(N)cccc12. The minimum Gasteiger partial charge on any atom is -0.398 e. The number of benzene rings is 1. The quantitative estimate of drug-likeness (QED) is 0.563. The number of amides is 2. The molecule has 2 amide bonds. The molecule has 0 unspecified atom stereocenters. The number of rotatable bonds is 4. The van der Waals surface area contributed by atoms with Crippen LogP contribution in [0.1, 0.15) is 17.4 Å². The van der Waals surface area contributed by atoms with Crippen LogP contribution in [0.3, 0.4) is 0 Å². The monoisotopic (exact) mass is 272 g/mol. The summed E-state index contributed by atoms with van der Waals surface area (Å²) in [5.41, 5.74) is 6.81. The second kappa shape index (κ2) is 6.01. The largest absolute Gasteiger partial charge is 0.398 e. The lowest BCUT2D eigenvalue weighted by Gasteiger charge is -2.08. The van der Waals surface area contributed by atoms with Crippen LogP contribution in [0.15, 0.2) is 30.5 Å². The summed E-state index contributed by atoms with van der Waals surface area (Å²) >= 11 is 0. The standard InChI is InChI=1S/C14H16N4O2/c1-9(19)16-7-8-18-14(20)13-11-3-2-4-12(15)10(11)5-6-17-13/h2-6H,7-8,15H2,1H3,(H,16,19)(H,18,20). The molecule has 4 N–H and O–H groups in total. The number of nitrogens with one attached hydrogen (secondary N) is 2. The van der Waals surface area contributed by atoms with E-state index < -0.39 is 0 Å². The molecular formula is C14H16N4O2. The number of nitrogens with two attached hydrogens (primary N) is 1. The number of carbonyl (C=O) groups is 2. The molecule has 0 radical (unpaired) electrons. The minimum absolute atomic E-state index is 0.129. The van der Waals surface area contributed by atoms with Gasteiger partial charge in [-0.25, -0.2) is 0 Å². The Morgan fingerprint density at radius 2 is 1.90 bits per heavy atom. The van der Waals surface area contributed by atoms with Crippen LogP contribution in [0.2, 0.25) is 0 Å². The smallest absolute Gasteiger partial charge is 0.270 e. The Bertz CT molecular complexity index is 655. The van der Waals surface area contributed by atoms with Gasteiger partial charge in [-0.3, -0.25) is 14.6 Å². The molecule has 20 heavy (non-hydrogen) atoms. The lowest BCUT2D eigenvalue weighted by atomic mass is 10.1. The summed E-state index contributed by atoms with van der Waals surface area (Å²) in [6.45, 7) is 2.16. The molecule has 6 heteroatoms. The van der Waals surface area contributed by atoms with Gasteiger partial charge in [0.2, 0.25) is 5.91 Å². The van der Waals surface area contributed by atoms with E-state index in [4.69, 9.17) is 5.73 Å². The number of fused-ring (bicyclic) bond motifs is 1. The molecule has 2 rings (SSSR count). The van der Waals surface area contributed by atoms with Crippen LogP contribution in [-0.4, -0.2) is 29.9 Å². The summed E-state index contributed by atoms with van der Waals surface area (Å²) in [7, 11) is 0. The Kier molecular flexibility index (Phi) is 4.14. The van der Waals surface area contributed by atoms with Crippen LogP contribution >= 0.6 is 0 Å². The Labute approximate surface area is 116 Å². The first-order valence-corrected chi connectivity index (χ1v) is 6.25. The van der Waals surface area contributed by atoms with Crippen molar-refractivity contribution in [3.8, 4) is 0 Å². The van der Waals surface area contributed by atoms with E-state index in [-0.39, 0.29) is 11.8 Å². The van der Waals surface area contributed by atoms with Crippen molar-refractivity contribution in [3.05, 3.63) is 36.2 Å². The van der Waals surface area contributed by atoms with Gasteiger partial charge < -0.3 is 16.4 Å². The predicted octanol–water partition coefficient (Wildman–Crippen LogP) is 0.683. The normalized spacial score (nSPS) is 10.2. The maximum atomic E-state index is 12.1. The Morgan fingerprint density at radius 3 is 2.65 bits per heavy atom. The van der Waals surface area contributed by atoms with E-state index in [1.54, 1.807) is 30.5 Å². The first kappa shape index (κ1) is 13.8. The maximum absolute atomic E-state index is 12.1. The van der Waals surface area contributed by atoms with Gasteiger partial charge >= 0.3 is 0 Å². The Balaban J connectivity index is 2.14. The molecule has 2 aromatic rings. The van der Waals surface area contributed by atoms with Gasteiger partial charge in [-0.05, 0) is 12.1 Å². The molecule has 0 aliphatic rings. The molecule has 0 atom stereocenters. The van der Waals surface area contributed by atoms with Crippen molar-refractivity contribution in [2.24, 2.45) is 0 Å². The summed E-state index contributed by atoms with van der Waals surface area (Å²) in [6, 6.07) is 7.15. The summed E-state index contributed by atoms with van der Waals surface area (Å²) in [6.07, 6.45) is 1.56. The van der Waals surface area contributed by atoms with Crippen molar-refractivity contribution in [1.82, 2.24) is 15.6 Å². The highest BCUT2D eigenvalue weighted by atomic mass is 16.2. The van der Waals surface area contributed by atoms with Crippen LogP contribution in [0, 0.1) is 0 Å². The van der Waals surface area contributed by atoms with Crippen molar-refractivity contribution >= 4 is 28.3 Å². The number of aromatic nitrogens is 1. The highest BCUT2D eigenvalue weighted by Gasteiger charge is 2.11. The molecule has 1 aromatic heterocycles. The molecule has 0 saturated heterocycles. The fourth-order valence-corrected chi connectivity index (χ4v) is 1.91. The van der Waals surface area contributed by atoms with Gasteiger partial charge in [-0.2, -0.15) is 0 Å². The number of anilines is 1. The number of carbonyl (C=O) groups excluding carboxylic acids is 2. The highest BCUT2D eigenvalue weighted by molar-refractivity contribution is 6.07. The third-order valence-corrected chi connectivity index (χ3v) is 2.84. The molecule has 0 fully saturated rings. The molecule has 0 aliphatic carbocycles. The summed E-state index contributed by atoms with van der Waals surface area (Å²) in [5, 5.41) is 6.83. The number of nitrogens with zero attached hydrogens (tertiary/aromatic N) is 1. The molecule has 0 aliphatic heterocycles. The van der Waals surface area contributed by atoms with E-state index in [1.165, 1.54) is 6.92 Å². The van der Waals surface area contributed by atoms with Gasteiger partial charge in [0.1, 0.15) is 5.69 Å². The third-order valence-electron chi connectivity index (χ3n) is 2.84. The van der Waals surface area contributed by atoms with E-state index >= 15 is 0 Å². The lowest BCUT2D eigenvalue weighted by molar-refractivity contribution is -0.118. The van der Waals surface area contributed by atoms with Crippen LogP contribution in [0.4, 0.5) is 5.69 Å². The Morgan fingerprint density at radius 1 is 1.15 bits per heavy atom. The van der Waals surface area contributed by atoms with E-state index in [0.29, 0.717) is 29.9 Å². The van der Waals surface area contributed by atoms with Gasteiger partial charge in [0.15, 0.2) is 0 Å². The number of hydrogen-bond donors (Lipinski definition) is 3. The van der Waals surface area contributed by atoms with Gasteiger partial charge in [-0.1, -0.05) is 12.1 Å². The van der Waals surface area contributed by atoms with Crippen molar-refractivity contribution in [1.29, 1.82) is 0 Å². The molecular weight excluding hydrogens is 256 g/mol. The van der Waals surface area contributed by atoms with E-state index in [9.17, 15) is 9.59 Å². The van der Waals surface area contributed by atoms with Crippen LogP contribution in [0.25, 0.3) is 10.8 Å². The highest BCUT2D eigenvalue weighted by Crippen LogP contribution is 2.22. The lowest BCUT2D eigenvalue weighted by Crippen LogP contribution is -2.34. The summed E-state index contributed by atoms with van der Waals surface area (Å²) in [4.78, 5) is 26.9. The fourth-order valence-electron chi connectivity index (χ4n) is 1.91. The zero-order chi connectivity index (χ0) is 14.5. The maximum Gasteiger partial charge on any atom is 0.270 e. The van der Waals surface area contributed by atoms with Gasteiger partial charge in [-0.15, -0.1) is 0 Å². The molecule has 1 heterocycles. The average Bonchev–Trinajstić information content (AvgIpc) is 2.43. The van der Waals surface area contributed by atoms with E-state index in [1.807, 2.05) is 0 Å². The van der Waals surface area contributed by atoms with E-state index in [0.717, 1.165) is 5.39 Å². The van der Waals surface area contributed by atoms with Crippen molar-refractivity contribution in [2.45, 2.75) is 6.92 Å². The van der Waals surface area contributed by atoms with Crippen molar-refractivity contribution in [2.75, 3.05) is 18.8 Å². The van der Waals surface area contributed by atoms with Crippen LogP contribution < -0.4 is 16.4 Å². The summed E-state index contributed by atoms with van der Waals surface area (Å²) in [5.74, 6) is -0.415. The van der Waals surface area contributed by atoms with E-state index in [2.05, 4.69) is 15.6 Å². The molecule has 104 valence electrons. The topological polar surface area (TPSA) is 97.1 Å². The molecule has 0 spiro atoms. The van der Waals surface area contributed by atoms with Gasteiger partial charge in [0.25, 0.3) is 5.91 Å². The predicted molar refractivity (Wildman–Crippen MR) is 77.2 cm³/mol. The number of pyridine rings is 1. The second-order valence-corrected chi connectivity index (χ2v) is 4.34. The molecule has 0 saturated carbocycles. The number of nitrogen functional groups attached to an aromatic ring is 1. The first-order valence-electron chi connectivity index (χ1n) is 6.25. The average molecular weight is 272 g/mol. The summed E-state index contributed by atoms with van der Waals surface area (Å²) < 4.78 is 0.